The van der Waals surface area contributed by atoms with Crippen molar-refractivity contribution < 1.29 is 24.2 Å². The molecule has 142 valence electrons. The minimum Gasteiger partial charge on any atom is -0.481 e. The van der Waals surface area contributed by atoms with Gasteiger partial charge in [-0.05, 0) is 31.6 Å². The number of ether oxygens (including phenoxy) is 1. The van der Waals surface area contributed by atoms with Crippen LogP contribution in [0.3, 0.4) is 0 Å². The molecule has 0 radical (unpaired) electrons. The van der Waals surface area contributed by atoms with E-state index in [1.807, 2.05) is 0 Å². The molecule has 0 saturated carbocycles. The van der Waals surface area contributed by atoms with Gasteiger partial charge in [-0.25, -0.2) is 0 Å². The van der Waals surface area contributed by atoms with E-state index < -0.39 is 17.8 Å². The van der Waals surface area contributed by atoms with Crippen molar-refractivity contribution in [2.24, 2.45) is 11.8 Å². The number of carboxylic acid groups (broad SMARTS) is 1. The third kappa shape index (κ3) is 5.42. The Bertz CT molecular complexity index is 494. The SMILES string of the molecule is CN(C)C(=O)C(=O)NCC1C2CCC(O2)C1CCCCCCC(=O)O. The van der Waals surface area contributed by atoms with Gasteiger partial charge in [-0.15, -0.1) is 0 Å². The Morgan fingerprint density at radius 1 is 1.04 bits per heavy atom. The lowest BCUT2D eigenvalue weighted by Crippen LogP contribution is -2.44. The number of likely N-dealkylation sites (N-methyl/N-ethyl adjacent to an activating group) is 1. The lowest BCUT2D eigenvalue weighted by atomic mass is 9.76. The van der Waals surface area contributed by atoms with Crippen molar-refractivity contribution in [1.82, 2.24) is 10.2 Å². The lowest BCUT2D eigenvalue weighted by molar-refractivity contribution is -0.144. The Labute approximate surface area is 149 Å². The minimum absolute atomic E-state index is 0.191. The minimum atomic E-state index is -0.732. The molecule has 2 bridgehead atoms. The number of amides is 2. The second kappa shape index (κ2) is 9.17. The van der Waals surface area contributed by atoms with Gasteiger partial charge in [0.15, 0.2) is 0 Å². The maximum atomic E-state index is 11.9. The molecule has 25 heavy (non-hydrogen) atoms. The fraction of sp³-hybridized carbons (Fsp3) is 0.833. The Hall–Kier alpha value is -1.63. The molecule has 0 aromatic carbocycles. The average molecular weight is 354 g/mol. The number of carbonyl (C=O) groups excluding carboxylic acids is 2. The molecule has 7 heteroatoms. The van der Waals surface area contributed by atoms with Gasteiger partial charge in [-0.2, -0.15) is 0 Å². The zero-order valence-corrected chi connectivity index (χ0v) is 15.2. The number of fused-ring (bicyclic) bond motifs is 2. The molecule has 4 atom stereocenters. The standard InChI is InChI=1S/C18H30N2O5/c1-20(2)18(24)17(23)19-11-13-12(14-9-10-15(13)25-14)7-5-3-4-6-8-16(21)22/h12-15H,3-11H2,1-2H3,(H,19,23)(H,21,22). The first-order valence-electron chi connectivity index (χ1n) is 9.27. The van der Waals surface area contributed by atoms with E-state index in [4.69, 9.17) is 9.84 Å². The molecular weight excluding hydrogens is 324 g/mol. The average Bonchev–Trinajstić information content (AvgIpc) is 3.16. The summed E-state index contributed by atoms with van der Waals surface area (Å²) < 4.78 is 6.02. The van der Waals surface area contributed by atoms with Gasteiger partial charge < -0.3 is 20.1 Å². The molecule has 2 heterocycles. The maximum absolute atomic E-state index is 11.9. The molecule has 2 saturated heterocycles. The van der Waals surface area contributed by atoms with Gasteiger partial charge in [0.05, 0.1) is 12.2 Å². The number of nitrogens with one attached hydrogen (secondary N) is 1. The van der Waals surface area contributed by atoms with Crippen LogP contribution < -0.4 is 5.32 Å². The van der Waals surface area contributed by atoms with E-state index in [1.165, 1.54) is 4.90 Å². The van der Waals surface area contributed by atoms with Crippen LogP contribution in [0.5, 0.6) is 0 Å². The first kappa shape index (κ1) is 19.7. The van der Waals surface area contributed by atoms with Crippen LogP contribution in [0.2, 0.25) is 0 Å². The first-order valence-corrected chi connectivity index (χ1v) is 9.27. The molecule has 2 amide bonds. The van der Waals surface area contributed by atoms with Crippen molar-refractivity contribution in [1.29, 1.82) is 0 Å². The molecule has 0 spiro atoms. The number of aliphatic carboxylic acids is 1. The summed E-state index contributed by atoms with van der Waals surface area (Å²) >= 11 is 0. The highest BCUT2D eigenvalue weighted by molar-refractivity contribution is 6.34. The fourth-order valence-corrected chi connectivity index (χ4v) is 4.05. The second-order valence-corrected chi connectivity index (χ2v) is 7.37. The van der Waals surface area contributed by atoms with E-state index in [1.54, 1.807) is 14.1 Å². The fourth-order valence-electron chi connectivity index (χ4n) is 4.05. The number of hydrogen-bond acceptors (Lipinski definition) is 4. The molecule has 2 rings (SSSR count). The van der Waals surface area contributed by atoms with Crippen LogP contribution in [0.15, 0.2) is 0 Å². The summed E-state index contributed by atoms with van der Waals surface area (Å²) in [6.07, 6.45) is 7.60. The van der Waals surface area contributed by atoms with Crippen LogP contribution in [-0.4, -0.2) is 60.6 Å². The Kier molecular flexibility index (Phi) is 7.23. The smallest absolute Gasteiger partial charge is 0.311 e. The van der Waals surface area contributed by atoms with Crippen LogP contribution in [0.1, 0.15) is 51.4 Å². The van der Waals surface area contributed by atoms with E-state index in [-0.39, 0.29) is 24.5 Å². The number of carbonyl (C=O) groups is 3. The molecule has 0 aromatic heterocycles. The first-order chi connectivity index (χ1) is 11.9. The zero-order valence-electron chi connectivity index (χ0n) is 15.2. The van der Waals surface area contributed by atoms with Gasteiger partial charge >= 0.3 is 17.8 Å². The van der Waals surface area contributed by atoms with Crippen molar-refractivity contribution in [2.75, 3.05) is 20.6 Å². The predicted molar refractivity (Wildman–Crippen MR) is 91.9 cm³/mol. The highest BCUT2D eigenvalue weighted by Crippen LogP contribution is 2.45. The molecule has 2 N–H and O–H groups in total. The quantitative estimate of drug-likeness (QED) is 0.482. The Balaban J connectivity index is 1.74. The third-order valence-electron chi connectivity index (χ3n) is 5.37. The Morgan fingerprint density at radius 3 is 2.32 bits per heavy atom. The van der Waals surface area contributed by atoms with Crippen LogP contribution in [-0.2, 0) is 19.1 Å². The van der Waals surface area contributed by atoms with Crippen LogP contribution in [0.25, 0.3) is 0 Å². The molecule has 2 aliphatic rings. The third-order valence-corrected chi connectivity index (χ3v) is 5.37. The van der Waals surface area contributed by atoms with E-state index in [0.717, 1.165) is 44.9 Å². The highest BCUT2D eigenvalue weighted by atomic mass is 16.5. The molecule has 4 unspecified atom stereocenters. The summed E-state index contributed by atoms with van der Waals surface area (Å²) in [7, 11) is 3.13. The molecular formula is C18H30N2O5. The van der Waals surface area contributed by atoms with Gasteiger partial charge in [0, 0.05) is 33.0 Å². The van der Waals surface area contributed by atoms with E-state index >= 15 is 0 Å². The summed E-state index contributed by atoms with van der Waals surface area (Å²) in [6.45, 7) is 0.489. The maximum Gasteiger partial charge on any atom is 0.311 e. The second-order valence-electron chi connectivity index (χ2n) is 7.37. The summed E-state index contributed by atoms with van der Waals surface area (Å²) in [5.41, 5.74) is 0. The molecule has 0 aliphatic carbocycles. The molecule has 2 fully saturated rings. The van der Waals surface area contributed by atoms with E-state index in [0.29, 0.717) is 12.5 Å². The van der Waals surface area contributed by atoms with E-state index in [2.05, 4.69) is 5.32 Å². The Morgan fingerprint density at radius 2 is 1.68 bits per heavy atom. The number of rotatable bonds is 9. The van der Waals surface area contributed by atoms with Crippen LogP contribution in [0, 0.1) is 11.8 Å². The van der Waals surface area contributed by atoms with Gasteiger partial charge in [-0.1, -0.05) is 19.3 Å². The normalized spacial score (nSPS) is 27.3. The van der Waals surface area contributed by atoms with Gasteiger partial charge in [0.25, 0.3) is 0 Å². The van der Waals surface area contributed by atoms with Crippen molar-refractivity contribution in [3.63, 3.8) is 0 Å². The predicted octanol–water partition coefficient (Wildman–Crippen LogP) is 1.41. The van der Waals surface area contributed by atoms with Gasteiger partial charge in [0.1, 0.15) is 0 Å². The number of hydrogen-bond donors (Lipinski definition) is 2. The highest BCUT2D eigenvalue weighted by Gasteiger charge is 2.48. The summed E-state index contributed by atoms with van der Waals surface area (Å²) in [5.74, 6) is -1.12. The molecule has 7 nitrogen and oxygen atoms in total. The molecule has 0 aromatic rings. The topological polar surface area (TPSA) is 95.9 Å². The summed E-state index contributed by atoms with van der Waals surface area (Å²) in [5, 5.41) is 11.4. The zero-order chi connectivity index (χ0) is 18.4. The lowest BCUT2D eigenvalue weighted by Gasteiger charge is -2.28. The molecule has 2 aliphatic heterocycles. The van der Waals surface area contributed by atoms with Crippen LogP contribution in [0.4, 0.5) is 0 Å². The van der Waals surface area contributed by atoms with Crippen LogP contribution >= 0.6 is 0 Å². The largest absolute Gasteiger partial charge is 0.481 e. The van der Waals surface area contributed by atoms with Gasteiger partial charge in [0.2, 0.25) is 0 Å². The number of nitrogens with zero attached hydrogens (tertiary/aromatic N) is 1. The summed E-state index contributed by atoms with van der Waals surface area (Å²) in [4.78, 5) is 35.3. The monoisotopic (exact) mass is 354 g/mol. The van der Waals surface area contributed by atoms with Gasteiger partial charge in [-0.3, -0.25) is 14.4 Å². The summed E-state index contributed by atoms with van der Waals surface area (Å²) in [6, 6.07) is 0. The van der Waals surface area contributed by atoms with Crippen molar-refractivity contribution >= 4 is 17.8 Å². The number of carboxylic acids is 1. The van der Waals surface area contributed by atoms with E-state index in [9.17, 15) is 14.4 Å². The van der Waals surface area contributed by atoms with Crippen molar-refractivity contribution in [3.05, 3.63) is 0 Å². The van der Waals surface area contributed by atoms with Crippen molar-refractivity contribution in [2.45, 2.75) is 63.6 Å². The number of unbranched alkanes of at least 4 members (excludes halogenated alkanes) is 3. The van der Waals surface area contributed by atoms with Crippen molar-refractivity contribution in [3.8, 4) is 0 Å².